The van der Waals surface area contributed by atoms with E-state index in [0.717, 1.165) is 5.56 Å². The first kappa shape index (κ1) is 27.5. The minimum absolute atomic E-state index is 0.0135. The van der Waals surface area contributed by atoms with E-state index in [2.05, 4.69) is 15.5 Å². The summed E-state index contributed by atoms with van der Waals surface area (Å²) >= 11 is 1.19. The lowest BCUT2D eigenvalue weighted by atomic mass is 10.1. The van der Waals surface area contributed by atoms with Gasteiger partial charge in [0.25, 0.3) is 5.69 Å². The SMILES string of the molecule is O=C(CC1S/C(=N\N=C\c2ccc(-c3ccccc3[N+](=O)[O-])o2)N(CCc2ccccc2)C1=O)Nc1ccccc1. The number of carbonyl (C=O) groups excluding carboxylic acids is 2. The number of amidine groups is 1. The predicted octanol–water partition coefficient (Wildman–Crippen LogP) is 5.76. The molecule has 1 aromatic heterocycles. The summed E-state index contributed by atoms with van der Waals surface area (Å²) in [4.78, 5) is 38.4. The molecule has 1 N–H and O–H groups in total. The van der Waals surface area contributed by atoms with E-state index in [9.17, 15) is 19.7 Å². The maximum absolute atomic E-state index is 13.3. The Kier molecular flexibility index (Phi) is 8.65. The van der Waals surface area contributed by atoms with E-state index >= 15 is 0 Å². The molecule has 1 atom stereocenters. The molecule has 0 aliphatic carbocycles. The molecule has 206 valence electrons. The monoisotopic (exact) mass is 567 g/mol. The summed E-state index contributed by atoms with van der Waals surface area (Å²) in [6, 6.07) is 28.4. The van der Waals surface area contributed by atoms with Gasteiger partial charge < -0.3 is 9.73 Å². The van der Waals surface area contributed by atoms with Gasteiger partial charge in [-0.05, 0) is 42.3 Å². The number of nitro groups is 1. The number of amides is 2. The molecule has 1 unspecified atom stereocenters. The standard InChI is InChI=1S/C30H25N5O5S/c36-28(32-22-11-5-2-6-12-22)19-27-29(37)34(18-17-21-9-3-1-4-10-21)30(41-27)33-31-20-23-15-16-26(40-23)24-13-7-8-14-25(24)35(38)39/h1-16,20,27H,17-19H2,(H,32,36)/b31-20+,33-30-. The number of thioether (sulfide) groups is 1. The number of nitrogens with zero attached hydrogens (tertiary/aromatic N) is 4. The fourth-order valence-electron chi connectivity index (χ4n) is 4.25. The summed E-state index contributed by atoms with van der Waals surface area (Å²) in [5, 5.41) is 22.3. The number of benzene rings is 3. The molecule has 0 bridgehead atoms. The third kappa shape index (κ3) is 6.95. The molecule has 5 rings (SSSR count). The molecule has 1 aliphatic rings. The zero-order chi connectivity index (χ0) is 28.6. The summed E-state index contributed by atoms with van der Waals surface area (Å²) in [6.45, 7) is 0.379. The van der Waals surface area contributed by atoms with E-state index < -0.39 is 10.2 Å². The van der Waals surface area contributed by atoms with Crippen LogP contribution in [-0.4, -0.2) is 44.8 Å². The van der Waals surface area contributed by atoms with Crippen molar-refractivity contribution in [3.63, 3.8) is 0 Å². The number of hydrogen-bond donors (Lipinski definition) is 1. The van der Waals surface area contributed by atoms with Crippen molar-refractivity contribution < 1.29 is 18.9 Å². The van der Waals surface area contributed by atoms with E-state index in [0.29, 0.717) is 40.9 Å². The molecule has 1 saturated heterocycles. The molecule has 1 fully saturated rings. The lowest BCUT2D eigenvalue weighted by molar-refractivity contribution is -0.384. The zero-order valence-electron chi connectivity index (χ0n) is 21.8. The van der Waals surface area contributed by atoms with Gasteiger partial charge in [0.05, 0.1) is 16.7 Å². The van der Waals surface area contributed by atoms with E-state index in [4.69, 9.17) is 4.42 Å². The Morgan fingerprint density at radius 1 is 1.00 bits per heavy atom. The van der Waals surface area contributed by atoms with E-state index in [-0.39, 0.29) is 23.9 Å². The quantitative estimate of drug-likeness (QED) is 0.147. The molecule has 3 aromatic carbocycles. The first-order chi connectivity index (χ1) is 20.0. The van der Waals surface area contributed by atoms with Crippen molar-refractivity contribution in [1.82, 2.24) is 4.90 Å². The molecule has 2 heterocycles. The second-order valence-corrected chi connectivity index (χ2v) is 10.2. The Morgan fingerprint density at radius 3 is 2.46 bits per heavy atom. The number of carbonyl (C=O) groups is 2. The lowest BCUT2D eigenvalue weighted by Gasteiger charge is -2.15. The number of nitrogens with one attached hydrogen (secondary N) is 1. The van der Waals surface area contributed by atoms with Crippen molar-refractivity contribution in [2.45, 2.75) is 18.1 Å². The zero-order valence-corrected chi connectivity index (χ0v) is 22.6. The number of hydrogen-bond acceptors (Lipinski definition) is 8. The van der Waals surface area contributed by atoms with Gasteiger partial charge in [0.1, 0.15) is 16.8 Å². The highest BCUT2D eigenvalue weighted by Gasteiger charge is 2.39. The largest absolute Gasteiger partial charge is 0.455 e. The van der Waals surface area contributed by atoms with Gasteiger partial charge in [0, 0.05) is 24.7 Å². The maximum atomic E-state index is 13.3. The molecule has 1 aliphatic heterocycles. The summed E-state index contributed by atoms with van der Waals surface area (Å²) in [5.74, 6) is 0.185. The summed E-state index contributed by atoms with van der Waals surface area (Å²) in [6.07, 6.45) is 1.97. The third-order valence-electron chi connectivity index (χ3n) is 6.24. The summed E-state index contributed by atoms with van der Waals surface area (Å²) in [5.41, 5.74) is 2.01. The van der Waals surface area contributed by atoms with Crippen molar-refractivity contribution >= 4 is 46.3 Å². The average molecular weight is 568 g/mol. The van der Waals surface area contributed by atoms with Crippen LogP contribution in [0.5, 0.6) is 0 Å². The van der Waals surface area contributed by atoms with Crippen molar-refractivity contribution in [3.05, 3.63) is 118 Å². The van der Waals surface area contributed by atoms with Gasteiger partial charge in [-0.25, -0.2) is 0 Å². The third-order valence-corrected chi connectivity index (χ3v) is 7.40. The van der Waals surface area contributed by atoms with Crippen LogP contribution in [0.2, 0.25) is 0 Å². The van der Waals surface area contributed by atoms with Crippen LogP contribution in [0, 0.1) is 10.1 Å². The average Bonchev–Trinajstić information content (AvgIpc) is 3.57. The first-order valence-electron chi connectivity index (χ1n) is 12.8. The normalized spacial score (nSPS) is 16.0. The van der Waals surface area contributed by atoms with Crippen LogP contribution in [-0.2, 0) is 16.0 Å². The van der Waals surface area contributed by atoms with Crippen LogP contribution in [0.25, 0.3) is 11.3 Å². The van der Waals surface area contributed by atoms with Gasteiger partial charge in [-0.1, -0.05) is 72.4 Å². The van der Waals surface area contributed by atoms with Crippen LogP contribution in [0.3, 0.4) is 0 Å². The summed E-state index contributed by atoms with van der Waals surface area (Å²) < 4.78 is 5.75. The second-order valence-electron chi connectivity index (χ2n) is 9.05. The van der Waals surface area contributed by atoms with Gasteiger partial charge in [-0.2, -0.15) is 5.10 Å². The number of para-hydroxylation sites is 2. The second kappa shape index (κ2) is 12.9. The van der Waals surface area contributed by atoms with Crippen LogP contribution in [0.4, 0.5) is 11.4 Å². The minimum Gasteiger partial charge on any atom is -0.455 e. The topological polar surface area (TPSA) is 130 Å². The summed E-state index contributed by atoms with van der Waals surface area (Å²) in [7, 11) is 0. The molecule has 0 radical (unpaired) electrons. The highest BCUT2D eigenvalue weighted by Crippen LogP contribution is 2.32. The fraction of sp³-hybridized carbons (Fsp3) is 0.133. The van der Waals surface area contributed by atoms with E-state index in [1.807, 2.05) is 48.5 Å². The smallest absolute Gasteiger partial charge is 0.280 e. The van der Waals surface area contributed by atoms with Gasteiger partial charge in [-0.3, -0.25) is 24.6 Å². The maximum Gasteiger partial charge on any atom is 0.280 e. The van der Waals surface area contributed by atoms with Gasteiger partial charge >= 0.3 is 0 Å². The van der Waals surface area contributed by atoms with Crippen LogP contribution in [0.1, 0.15) is 17.7 Å². The Hall–Kier alpha value is -5.03. The molecule has 10 nitrogen and oxygen atoms in total. The molecule has 0 spiro atoms. The van der Waals surface area contributed by atoms with Crippen molar-refractivity contribution in [2.24, 2.45) is 10.2 Å². The Bertz CT molecular complexity index is 1600. The fourth-order valence-corrected chi connectivity index (χ4v) is 5.37. The lowest BCUT2D eigenvalue weighted by Crippen LogP contribution is -2.35. The van der Waals surface area contributed by atoms with Crippen LogP contribution >= 0.6 is 11.8 Å². The number of nitro benzene ring substituents is 1. The molecule has 41 heavy (non-hydrogen) atoms. The highest BCUT2D eigenvalue weighted by molar-refractivity contribution is 8.15. The van der Waals surface area contributed by atoms with Gasteiger partial charge in [0.2, 0.25) is 11.8 Å². The van der Waals surface area contributed by atoms with Crippen molar-refractivity contribution in [1.29, 1.82) is 0 Å². The molecular weight excluding hydrogens is 542 g/mol. The highest BCUT2D eigenvalue weighted by atomic mass is 32.2. The van der Waals surface area contributed by atoms with Crippen LogP contribution < -0.4 is 5.32 Å². The van der Waals surface area contributed by atoms with Crippen molar-refractivity contribution in [2.75, 3.05) is 11.9 Å². The van der Waals surface area contributed by atoms with E-state index in [1.54, 1.807) is 47.4 Å². The minimum atomic E-state index is -0.641. The Morgan fingerprint density at radius 2 is 1.71 bits per heavy atom. The molecule has 4 aromatic rings. The van der Waals surface area contributed by atoms with Crippen LogP contribution in [0.15, 0.2) is 112 Å². The molecule has 2 amide bonds. The number of rotatable bonds is 10. The molecular formula is C30H25N5O5S. The number of anilines is 1. The van der Waals surface area contributed by atoms with E-state index in [1.165, 1.54) is 24.0 Å². The number of furan rings is 1. The van der Waals surface area contributed by atoms with Gasteiger partial charge in [-0.15, -0.1) is 5.10 Å². The molecule has 11 heteroatoms. The Balaban J connectivity index is 1.31. The first-order valence-corrected chi connectivity index (χ1v) is 13.7. The van der Waals surface area contributed by atoms with Crippen molar-refractivity contribution in [3.8, 4) is 11.3 Å². The predicted molar refractivity (Wildman–Crippen MR) is 159 cm³/mol. The molecule has 0 saturated carbocycles. The Labute approximate surface area is 239 Å². The van der Waals surface area contributed by atoms with Gasteiger partial charge in [0.15, 0.2) is 5.17 Å².